The standard InChI is InChI=1S/C19H23ClN4O3S/c1-11(2)17-22-23-19(28-17)21-16(25)12-6-8-24(9-7-12)18(26)14-10-13(20)4-5-15(14)27-3/h4-5,10-12H,6-9H2,1-3H3,(H,21,23,25). The van der Waals surface area contributed by atoms with Crippen molar-refractivity contribution < 1.29 is 14.3 Å². The summed E-state index contributed by atoms with van der Waals surface area (Å²) in [7, 11) is 1.52. The minimum Gasteiger partial charge on any atom is -0.496 e. The first-order chi connectivity index (χ1) is 13.4. The third kappa shape index (κ3) is 4.62. The molecule has 1 fully saturated rings. The summed E-state index contributed by atoms with van der Waals surface area (Å²) in [6.07, 6.45) is 1.19. The smallest absolute Gasteiger partial charge is 0.257 e. The highest BCUT2D eigenvalue weighted by Gasteiger charge is 2.29. The Kier molecular flexibility index (Phi) is 6.51. The first-order valence-electron chi connectivity index (χ1n) is 9.16. The molecule has 2 heterocycles. The fourth-order valence-electron chi connectivity index (χ4n) is 3.09. The number of rotatable bonds is 5. The SMILES string of the molecule is COc1ccc(Cl)cc1C(=O)N1CCC(C(=O)Nc2nnc(C(C)C)s2)CC1. The zero-order chi connectivity index (χ0) is 20.3. The number of nitrogens with zero attached hydrogens (tertiary/aromatic N) is 3. The van der Waals surface area contributed by atoms with Crippen LogP contribution in [0.2, 0.25) is 5.02 Å². The van der Waals surface area contributed by atoms with Crippen LogP contribution in [0.25, 0.3) is 0 Å². The van der Waals surface area contributed by atoms with E-state index in [-0.39, 0.29) is 23.7 Å². The van der Waals surface area contributed by atoms with E-state index in [0.29, 0.717) is 47.4 Å². The lowest BCUT2D eigenvalue weighted by molar-refractivity contribution is -0.121. The van der Waals surface area contributed by atoms with Gasteiger partial charge in [0.1, 0.15) is 10.8 Å². The van der Waals surface area contributed by atoms with Crippen LogP contribution in [0.1, 0.15) is 48.0 Å². The van der Waals surface area contributed by atoms with Crippen molar-refractivity contribution in [3.05, 3.63) is 33.8 Å². The molecule has 0 bridgehead atoms. The van der Waals surface area contributed by atoms with E-state index in [9.17, 15) is 9.59 Å². The van der Waals surface area contributed by atoms with E-state index in [2.05, 4.69) is 15.5 Å². The van der Waals surface area contributed by atoms with Gasteiger partial charge in [0.15, 0.2) is 0 Å². The number of carbonyl (C=O) groups is 2. The van der Waals surface area contributed by atoms with Gasteiger partial charge in [-0.3, -0.25) is 9.59 Å². The fourth-order valence-corrected chi connectivity index (χ4v) is 4.01. The third-order valence-electron chi connectivity index (χ3n) is 4.71. The average Bonchev–Trinajstić information content (AvgIpc) is 3.16. The summed E-state index contributed by atoms with van der Waals surface area (Å²) in [5.74, 6) is 0.409. The second kappa shape index (κ2) is 8.87. The van der Waals surface area contributed by atoms with Crippen molar-refractivity contribution >= 4 is 39.9 Å². The molecule has 9 heteroatoms. The Balaban J connectivity index is 1.58. The lowest BCUT2D eigenvalue weighted by Crippen LogP contribution is -2.41. The number of aromatic nitrogens is 2. The zero-order valence-electron chi connectivity index (χ0n) is 16.1. The predicted octanol–water partition coefficient (Wildman–Crippen LogP) is 3.81. The molecule has 0 saturated carbocycles. The number of likely N-dealkylation sites (tertiary alicyclic amines) is 1. The van der Waals surface area contributed by atoms with Gasteiger partial charge in [0.25, 0.3) is 5.91 Å². The molecule has 0 atom stereocenters. The molecule has 28 heavy (non-hydrogen) atoms. The Bertz CT molecular complexity index is 863. The molecule has 1 aliphatic rings. The Hall–Kier alpha value is -2.19. The molecule has 2 amide bonds. The van der Waals surface area contributed by atoms with Gasteiger partial charge in [0.05, 0.1) is 12.7 Å². The third-order valence-corrected chi connectivity index (χ3v) is 6.08. The lowest BCUT2D eigenvalue weighted by Gasteiger charge is -2.31. The van der Waals surface area contributed by atoms with Gasteiger partial charge in [-0.05, 0) is 31.0 Å². The number of hydrogen-bond donors (Lipinski definition) is 1. The molecule has 150 valence electrons. The number of nitrogens with one attached hydrogen (secondary N) is 1. The maximum absolute atomic E-state index is 12.8. The van der Waals surface area contributed by atoms with E-state index in [4.69, 9.17) is 16.3 Å². The topological polar surface area (TPSA) is 84.4 Å². The van der Waals surface area contributed by atoms with Gasteiger partial charge in [-0.15, -0.1) is 10.2 Å². The largest absolute Gasteiger partial charge is 0.496 e. The van der Waals surface area contributed by atoms with Crippen LogP contribution in [0.5, 0.6) is 5.75 Å². The molecular formula is C19H23ClN4O3S. The van der Waals surface area contributed by atoms with E-state index in [1.165, 1.54) is 18.4 Å². The van der Waals surface area contributed by atoms with Crippen LogP contribution < -0.4 is 10.1 Å². The van der Waals surface area contributed by atoms with Crippen LogP contribution in [-0.4, -0.2) is 47.1 Å². The van der Waals surface area contributed by atoms with Crippen LogP contribution in [0.4, 0.5) is 5.13 Å². The summed E-state index contributed by atoms with van der Waals surface area (Å²) >= 11 is 7.43. The van der Waals surface area contributed by atoms with Crippen LogP contribution >= 0.6 is 22.9 Å². The molecule has 1 aromatic carbocycles. The summed E-state index contributed by atoms with van der Waals surface area (Å²) in [6.45, 7) is 5.07. The maximum Gasteiger partial charge on any atom is 0.257 e. The van der Waals surface area contributed by atoms with Crippen molar-refractivity contribution in [2.24, 2.45) is 5.92 Å². The van der Waals surface area contributed by atoms with Crippen LogP contribution in [-0.2, 0) is 4.79 Å². The number of methoxy groups -OCH3 is 1. The predicted molar refractivity (Wildman–Crippen MR) is 109 cm³/mol. The molecule has 1 saturated heterocycles. The highest BCUT2D eigenvalue weighted by molar-refractivity contribution is 7.15. The molecule has 0 aliphatic carbocycles. The second-order valence-electron chi connectivity index (χ2n) is 7.00. The van der Waals surface area contributed by atoms with Crippen LogP contribution in [0, 0.1) is 5.92 Å². The van der Waals surface area contributed by atoms with E-state index >= 15 is 0 Å². The van der Waals surface area contributed by atoms with Crippen molar-refractivity contribution in [1.82, 2.24) is 15.1 Å². The highest BCUT2D eigenvalue weighted by Crippen LogP contribution is 2.28. The lowest BCUT2D eigenvalue weighted by atomic mass is 9.95. The second-order valence-corrected chi connectivity index (χ2v) is 8.45. The summed E-state index contributed by atoms with van der Waals surface area (Å²) in [4.78, 5) is 27.1. The van der Waals surface area contributed by atoms with Gasteiger partial charge in [-0.2, -0.15) is 0 Å². The summed E-state index contributed by atoms with van der Waals surface area (Å²) in [5.41, 5.74) is 0.438. The van der Waals surface area contributed by atoms with Crippen molar-refractivity contribution in [3.8, 4) is 5.75 Å². The Morgan fingerprint density at radius 3 is 2.61 bits per heavy atom. The molecule has 1 aliphatic heterocycles. The number of carbonyl (C=O) groups excluding carboxylic acids is 2. The quantitative estimate of drug-likeness (QED) is 0.791. The normalized spacial score (nSPS) is 15.0. The zero-order valence-corrected chi connectivity index (χ0v) is 17.6. The van der Waals surface area contributed by atoms with Crippen molar-refractivity contribution in [2.45, 2.75) is 32.6 Å². The molecule has 7 nitrogen and oxygen atoms in total. The van der Waals surface area contributed by atoms with Crippen molar-refractivity contribution in [3.63, 3.8) is 0 Å². The molecule has 1 aromatic heterocycles. The maximum atomic E-state index is 12.8. The number of piperidine rings is 1. The molecule has 2 aromatic rings. The van der Waals surface area contributed by atoms with E-state index in [0.717, 1.165) is 5.01 Å². The molecule has 1 N–H and O–H groups in total. The van der Waals surface area contributed by atoms with E-state index < -0.39 is 0 Å². The van der Waals surface area contributed by atoms with Crippen molar-refractivity contribution in [1.29, 1.82) is 0 Å². The van der Waals surface area contributed by atoms with E-state index in [1.807, 2.05) is 13.8 Å². The van der Waals surface area contributed by atoms with Gasteiger partial charge in [-0.25, -0.2) is 0 Å². The van der Waals surface area contributed by atoms with Crippen molar-refractivity contribution in [2.75, 3.05) is 25.5 Å². The van der Waals surface area contributed by atoms with Gasteiger partial charge < -0.3 is 15.0 Å². The molecule has 0 radical (unpaired) electrons. The Morgan fingerprint density at radius 2 is 2.00 bits per heavy atom. The van der Waals surface area contributed by atoms with E-state index in [1.54, 1.807) is 23.1 Å². The summed E-state index contributed by atoms with van der Waals surface area (Å²) in [5, 5.41) is 12.9. The van der Waals surface area contributed by atoms with Crippen LogP contribution in [0.15, 0.2) is 18.2 Å². The van der Waals surface area contributed by atoms with Gasteiger partial charge in [0.2, 0.25) is 11.0 Å². The minimum atomic E-state index is -0.156. The molecule has 0 unspecified atom stereocenters. The van der Waals surface area contributed by atoms with Crippen LogP contribution in [0.3, 0.4) is 0 Å². The highest BCUT2D eigenvalue weighted by atomic mass is 35.5. The number of anilines is 1. The molecule has 3 rings (SSSR count). The minimum absolute atomic E-state index is 0.0705. The number of benzene rings is 1. The average molecular weight is 423 g/mol. The Labute approximate surface area is 173 Å². The summed E-state index contributed by atoms with van der Waals surface area (Å²) < 4.78 is 5.27. The monoisotopic (exact) mass is 422 g/mol. The molecule has 0 spiro atoms. The number of halogens is 1. The van der Waals surface area contributed by atoms with Gasteiger partial charge in [-0.1, -0.05) is 36.8 Å². The van der Waals surface area contributed by atoms with Gasteiger partial charge >= 0.3 is 0 Å². The molecular weight excluding hydrogens is 400 g/mol. The number of hydrogen-bond acceptors (Lipinski definition) is 6. The number of ether oxygens (including phenoxy) is 1. The number of amides is 2. The first-order valence-corrected chi connectivity index (χ1v) is 10.4. The first kappa shape index (κ1) is 20.5. The fraction of sp³-hybridized carbons (Fsp3) is 0.474. The Morgan fingerprint density at radius 1 is 1.29 bits per heavy atom. The summed E-state index contributed by atoms with van der Waals surface area (Å²) in [6, 6.07) is 4.98. The van der Waals surface area contributed by atoms with Gasteiger partial charge in [0, 0.05) is 29.9 Å².